The lowest BCUT2D eigenvalue weighted by Crippen LogP contribution is -2.09. The van der Waals surface area contributed by atoms with Gasteiger partial charge in [0.25, 0.3) is 0 Å². The Hall–Kier alpha value is -1.55. The van der Waals surface area contributed by atoms with Crippen LogP contribution < -0.4 is 5.73 Å². The third-order valence-corrected chi connectivity index (χ3v) is 2.91. The van der Waals surface area contributed by atoms with E-state index >= 15 is 0 Å². The van der Waals surface area contributed by atoms with E-state index in [0.717, 1.165) is 12.8 Å². The fourth-order valence-corrected chi connectivity index (χ4v) is 1.81. The molecule has 0 aliphatic carbocycles. The van der Waals surface area contributed by atoms with Crippen LogP contribution in [0, 0.1) is 0 Å². The standard InChI is InChI=1S/C15H23NO2.C2H6O/c1-2-3-4-5-6-9-12-18-15(17)13-10-7-8-11-14(13)16;1-3-2/h7-8,10-11H,2-6,9,12,16H2,1H3;1-2H3. The van der Waals surface area contributed by atoms with Crippen molar-refractivity contribution in [3.63, 3.8) is 0 Å². The molecule has 1 rings (SSSR count). The highest BCUT2D eigenvalue weighted by Crippen LogP contribution is 2.12. The number of carbonyl (C=O) groups is 1. The van der Waals surface area contributed by atoms with Crippen LogP contribution in [-0.2, 0) is 9.47 Å². The number of ether oxygens (including phenoxy) is 2. The van der Waals surface area contributed by atoms with E-state index < -0.39 is 0 Å². The zero-order chi connectivity index (χ0) is 15.9. The maximum absolute atomic E-state index is 11.7. The van der Waals surface area contributed by atoms with E-state index in [0.29, 0.717) is 17.9 Å². The maximum atomic E-state index is 11.7. The van der Waals surface area contributed by atoms with Crippen LogP contribution in [0.2, 0.25) is 0 Å². The fraction of sp³-hybridized carbons (Fsp3) is 0.588. The Bertz CT molecular complexity index is 380. The Balaban J connectivity index is 0.00000122. The summed E-state index contributed by atoms with van der Waals surface area (Å²) in [4.78, 5) is 11.7. The van der Waals surface area contributed by atoms with Gasteiger partial charge in [0, 0.05) is 19.9 Å². The SMILES string of the molecule is CCCCCCCCOC(=O)c1ccccc1N.COC. The summed E-state index contributed by atoms with van der Waals surface area (Å²) >= 11 is 0. The smallest absolute Gasteiger partial charge is 0.340 e. The van der Waals surface area contributed by atoms with Gasteiger partial charge in [0.05, 0.1) is 12.2 Å². The van der Waals surface area contributed by atoms with Crippen molar-refractivity contribution in [1.82, 2.24) is 0 Å². The molecule has 120 valence electrons. The lowest BCUT2D eigenvalue weighted by Gasteiger charge is -2.06. The number of hydrogen-bond acceptors (Lipinski definition) is 4. The zero-order valence-electron chi connectivity index (χ0n) is 13.6. The maximum Gasteiger partial charge on any atom is 0.340 e. The van der Waals surface area contributed by atoms with Gasteiger partial charge in [-0.1, -0.05) is 51.2 Å². The van der Waals surface area contributed by atoms with E-state index in [1.165, 1.54) is 25.7 Å². The molecule has 0 spiro atoms. The highest BCUT2D eigenvalue weighted by atomic mass is 16.5. The van der Waals surface area contributed by atoms with Crippen molar-refractivity contribution in [2.75, 3.05) is 26.6 Å². The third-order valence-electron chi connectivity index (χ3n) is 2.91. The van der Waals surface area contributed by atoms with E-state index in [2.05, 4.69) is 11.7 Å². The van der Waals surface area contributed by atoms with E-state index in [1.54, 1.807) is 38.5 Å². The predicted octanol–water partition coefficient (Wildman–Crippen LogP) is 4.05. The van der Waals surface area contributed by atoms with Crippen LogP contribution >= 0.6 is 0 Å². The van der Waals surface area contributed by atoms with Crippen molar-refractivity contribution in [2.24, 2.45) is 0 Å². The zero-order valence-corrected chi connectivity index (χ0v) is 13.6. The molecule has 4 nitrogen and oxygen atoms in total. The van der Waals surface area contributed by atoms with Crippen LogP contribution in [0.3, 0.4) is 0 Å². The Kier molecular flexibility index (Phi) is 12.4. The topological polar surface area (TPSA) is 61.5 Å². The number of rotatable bonds is 8. The molecule has 1 aromatic carbocycles. The number of para-hydroxylation sites is 1. The molecule has 1 aromatic rings. The van der Waals surface area contributed by atoms with Crippen LogP contribution in [0.25, 0.3) is 0 Å². The van der Waals surface area contributed by atoms with Gasteiger partial charge in [0.15, 0.2) is 0 Å². The second kappa shape index (κ2) is 13.4. The lowest BCUT2D eigenvalue weighted by molar-refractivity contribution is 0.0499. The molecule has 0 amide bonds. The van der Waals surface area contributed by atoms with E-state index in [4.69, 9.17) is 10.5 Å². The van der Waals surface area contributed by atoms with Crippen LogP contribution in [0.5, 0.6) is 0 Å². The first-order valence-corrected chi connectivity index (χ1v) is 7.59. The van der Waals surface area contributed by atoms with Gasteiger partial charge in [-0.3, -0.25) is 0 Å². The number of nitrogen functional groups attached to an aromatic ring is 1. The van der Waals surface area contributed by atoms with Crippen molar-refractivity contribution < 1.29 is 14.3 Å². The van der Waals surface area contributed by atoms with Crippen LogP contribution in [-0.4, -0.2) is 26.8 Å². The molecule has 0 aromatic heterocycles. The number of anilines is 1. The predicted molar refractivity (Wildman–Crippen MR) is 87.4 cm³/mol. The molecular formula is C17H29NO3. The summed E-state index contributed by atoms with van der Waals surface area (Å²) in [6, 6.07) is 7.00. The summed E-state index contributed by atoms with van der Waals surface area (Å²) < 4.78 is 9.45. The minimum absolute atomic E-state index is 0.318. The normalized spacial score (nSPS) is 9.67. The number of carbonyl (C=O) groups excluding carboxylic acids is 1. The molecule has 2 N–H and O–H groups in total. The Morgan fingerprint density at radius 3 is 2.24 bits per heavy atom. The highest BCUT2D eigenvalue weighted by Gasteiger charge is 2.09. The second-order valence-electron chi connectivity index (χ2n) is 4.90. The van der Waals surface area contributed by atoms with Gasteiger partial charge < -0.3 is 15.2 Å². The number of benzene rings is 1. The third kappa shape index (κ3) is 9.91. The van der Waals surface area contributed by atoms with E-state index in [9.17, 15) is 4.79 Å². The second-order valence-corrected chi connectivity index (χ2v) is 4.90. The summed E-state index contributed by atoms with van der Waals surface area (Å²) in [6.07, 6.45) is 7.09. The lowest BCUT2D eigenvalue weighted by atomic mass is 10.1. The molecule has 0 unspecified atom stereocenters. The Morgan fingerprint density at radius 2 is 1.62 bits per heavy atom. The molecule has 0 atom stereocenters. The van der Waals surface area contributed by atoms with Gasteiger partial charge in [-0.05, 0) is 18.6 Å². The summed E-state index contributed by atoms with van der Waals surface area (Å²) in [5.41, 5.74) is 6.64. The van der Waals surface area contributed by atoms with Gasteiger partial charge in [-0.15, -0.1) is 0 Å². The largest absolute Gasteiger partial charge is 0.462 e. The Labute approximate surface area is 128 Å². The number of methoxy groups -OCH3 is 1. The molecule has 0 fully saturated rings. The summed E-state index contributed by atoms with van der Waals surface area (Å²) in [6.45, 7) is 2.69. The first-order valence-electron chi connectivity index (χ1n) is 7.59. The van der Waals surface area contributed by atoms with Gasteiger partial charge in [0.1, 0.15) is 0 Å². The molecule has 0 aliphatic heterocycles. The number of nitrogens with two attached hydrogens (primary N) is 1. The van der Waals surface area contributed by atoms with Crippen LogP contribution in [0.1, 0.15) is 55.8 Å². The minimum atomic E-state index is -0.318. The Morgan fingerprint density at radius 1 is 1.05 bits per heavy atom. The molecule has 4 heteroatoms. The van der Waals surface area contributed by atoms with Crippen molar-refractivity contribution in [1.29, 1.82) is 0 Å². The van der Waals surface area contributed by atoms with Crippen LogP contribution in [0.4, 0.5) is 5.69 Å². The average Bonchev–Trinajstić information content (AvgIpc) is 2.47. The fourth-order valence-electron chi connectivity index (χ4n) is 1.81. The van der Waals surface area contributed by atoms with Crippen molar-refractivity contribution in [3.05, 3.63) is 29.8 Å². The first kappa shape index (κ1) is 19.4. The van der Waals surface area contributed by atoms with Crippen molar-refractivity contribution in [3.8, 4) is 0 Å². The average molecular weight is 295 g/mol. The van der Waals surface area contributed by atoms with Gasteiger partial charge >= 0.3 is 5.97 Å². The first-order chi connectivity index (χ1) is 10.2. The van der Waals surface area contributed by atoms with Crippen molar-refractivity contribution in [2.45, 2.75) is 45.4 Å². The molecule has 0 aliphatic rings. The summed E-state index contributed by atoms with van der Waals surface area (Å²) in [5.74, 6) is -0.318. The number of esters is 1. The number of unbranched alkanes of at least 4 members (excludes halogenated alkanes) is 5. The molecule has 0 saturated carbocycles. The molecule has 0 radical (unpaired) electrons. The molecular weight excluding hydrogens is 266 g/mol. The van der Waals surface area contributed by atoms with Crippen LogP contribution in [0.15, 0.2) is 24.3 Å². The molecule has 0 saturated heterocycles. The van der Waals surface area contributed by atoms with Gasteiger partial charge in [-0.2, -0.15) is 0 Å². The molecule has 21 heavy (non-hydrogen) atoms. The summed E-state index contributed by atoms with van der Waals surface area (Å²) in [5, 5.41) is 0. The van der Waals surface area contributed by atoms with Gasteiger partial charge in [-0.25, -0.2) is 4.79 Å². The minimum Gasteiger partial charge on any atom is -0.462 e. The van der Waals surface area contributed by atoms with E-state index in [-0.39, 0.29) is 5.97 Å². The highest BCUT2D eigenvalue weighted by molar-refractivity contribution is 5.94. The van der Waals surface area contributed by atoms with E-state index in [1.807, 2.05) is 0 Å². The molecule has 0 heterocycles. The van der Waals surface area contributed by atoms with Crippen molar-refractivity contribution >= 4 is 11.7 Å². The monoisotopic (exact) mass is 295 g/mol. The van der Waals surface area contributed by atoms with Gasteiger partial charge in [0.2, 0.25) is 0 Å². The summed E-state index contributed by atoms with van der Waals surface area (Å²) in [7, 11) is 3.25. The number of hydrogen-bond donors (Lipinski definition) is 1. The molecule has 0 bridgehead atoms. The quantitative estimate of drug-likeness (QED) is 0.446.